The second-order valence-electron chi connectivity index (χ2n) is 6.19. The van der Waals surface area contributed by atoms with Crippen LogP contribution in [0.25, 0.3) is 11.3 Å². The Morgan fingerprint density at radius 1 is 1.15 bits per heavy atom. The van der Waals surface area contributed by atoms with Crippen molar-refractivity contribution in [3.05, 3.63) is 65.0 Å². The molecule has 0 atom stereocenters. The van der Waals surface area contributed by atoms with Gasteiger partial charge in [0.15, 0.2) is 11.7 Å². The van der Waals surface area contributed by atoms with Gasteiger partial charge in [-0.3, -0.25) is 4.79 Å². The number of thiazole rings is 1. The number of carbonyl (C=O) groups is 1. The number of rotatable bonds is 4. The Hall–Kier alpha value is -2.86. The number of carbonyl (C=O) groups excluding carboxylic acids is 1. The fourth-order valence-corrected chi connectivity index (χ4v) is 3.72. The van der Waals surface area contributed by atoms with Crippen molar-refractivity contribution in [1.29, 1.82) is 0 Å². The summed E-state index contributed by atoms with van der Waals surface area (Å²) in [6.07, 6.45) is 0.886. The number of hydrogen-bond donors (Lipinski definition) is 1. The van der Waals surface area contributed by atoms with Crippen LogP contribution in [-0.2, 0) is 17.8 Å². The van der Waals surface area contributed by atoms with E-state index >= 15 is 0 Å². The average Bonchev–Trinajstić information content (AvgIpc) is 3.12. The van der Waals surface area contributed by atoms with Gasteiger partial charge in [0.25, 0.3) is 5.91 Å². The predicted octanol–water partition coefficient (Wildman–Crippen LogP) is 3.36. The highest BCUT2D eigenvalue weighted by molar-refractivity contribution is 7.13. The quantitative estimate of drug-likeness (QED) is 0.770. The minimum absolute atomic E-state index is 0.00732. The molecule has 6 heteroatoms. The van der Waals surface area contributed by atoms with E-state index in [2.05, 4.69) is 17.1 Å². The van der Waals surface area contributed by atoms with E-state index in [4.69, 9.17) is 10.5 Å². The Balaban J connectivity index is 1.44. The Morgan fingerprint density at radius 2 is 1.92 bits per heavy atom. The number of benzene rings is 2. The molecule has 2 N–H and O–H groups in total. The van der Waals surface area contributed by atoms with E-state index in [0.717, 1.165) is 24.2 Å². The summed E-state index contributed by atoms with van der Waals surface area (Å²) < 4.78 is 5.84. The van der Waals surface area contributed by atoms with Crippen LogP contribution in [0, 0.1) is 0 Å². The van der Waals surface area contributed by atoms with Crippen LogP contribution in [0.1, 0.15) is 11.1 Å². The average molecular weight is 365 g/mol. The Morgan fingerprint density at radius 3 is 2.73 bits per heavy atom. The van der Waals surface area contributed by atoms with Gasteiger partial charge >= 0.3 is 0 Å². The van der Waals surface area contributed by atoms with Crippen LogP contribution in [0.2, 0.25) is 0 Å². The number of nitrogen functional groups attached to an aromatic ring is 1. The van der Waals surface area contributed by atoms with E-state index in [1.165, 1.54) is 22.5 Å². The van der Waals surface area contributed by atoms with E-state index in [1.807, 2.05) is 46.7 Å². The molecular formula is C20H19N3O2S. The molecule has 0 unspecified atom stereocenters. The summed E-state index contributed by atoms with van der Waals surface area (Å²) in [5.41, 5.74) is 9.88. The van der Waals surface area contributed by atoms with Crippen LogP contribution < -0.4 is 10.5 Å². The molecule has 1 aliphatic heterocycles. The molecule has 26 heavy (non-hydrogen) atoms. The minimum Gasteiger partial charge on any atom is -0.483 e. The lowest BCUT2D eigenvalue weighted by Crippen LogP contribution is -2.38. The van der Waals surface area contributed by atoms with Crippen molar-refractivity contribution in [3.63, 3.8) is 0 Å². The third-order valence-corrected chi connectivity index (χ3v) is 5.19. The summed E-state index contributed by atoms with van der Waals surface area (Å²) in [5.74, 6) is 0.635. The molecule has 0 saturated carbocycles. The third kappa shape index (κ3) is 3.41. The van der Waals surface area contributed by atoms with Crippen molar-refractivity contribution >= 4 is 22.4 Å². The van der Waals surface area contributed by atoms with Gasteiger partial charge in [-0.2, -0.15) is 0 Å². The van der Waals surface area contributed by atoms with Gasteiger partial charge in [-0.15, -0.1) is 11.3 Å². The summed E-state index contributed by atoms with van der Waals surface area (Å²) in [4.78, 5) is 18.8. The summed E-state index contributed by atoms with van der Waals surface area (Å²) in [7, 11) is 0. The zero-order valence-electron chi connectivity index (χ0n) is 14.2. The smallest absolute Gasteiger partial charge is 0.260 e. The molecule has 0 spiro atoms. The number of para-hydroxylation sites is 1. The second kappa shape index (κ2) is 7.17. The van der Waals surface area contributed by atoms with Crippen LogP contribution >= 0.6 is 11.3 Å². The number of aromatic nitrogens is 1. The number of nitrogens with zero attached hydrogens (tertiary/aromatic N) is 2. The summed E-state index contributed by atoms with van der Waals surface area (Å²) in [6, 6.07) is 15.8. The molecule has 5 nitrogen and oxygen atoms in total. The lowest BCUT2D eigenvalue weighted by molar-refractivity contribution is -0.134. The summed E-state index contributed by atoms with van der Waals surface area (Å²) in [5, 5.41) is 2.40. The van der Waals surface area contributed by atoms with Crippen molar-refractivity contribution in [2.45, 2.75) is 13.0 Å². The molecule has 2 aromatic carbocycles. The molecule has 0 saturated heterocycles. The molecule has 1 amide bonds. The number of fused-ring (bicyclic) bond motifs is 1. The minimum atomic E-state index is -0.00732. The van der Waals surface area contributed by atoms with E-state index in [-0.39, 0.29) is 12.5 Å². The maximum Gasteiger partial charge on any atom is 0.260 e. The Bertz CT molecular complexity index is 938. The highest BCUT2D eigenvalue weighted by Gasteiger charge is 2.21. The van der Waals surface area contributed by atoms with Crippen LogP contribution in [0.15, 0.2) is 53.9 Å². The fraction of sp³-hybridized carbons (Fsp3) is 0.200. The van der Waals surface area contributed by atoms with E-state index in [9.17, 15) is 4.79 Å². The van der Waals surface area contributed by atoms with Gasteiger partial charge in [-0.25, -0.2) is 4.98 Å². The molecule has 0 fully saturated rings. The van der Waals surface area contributed by atoms with Crippen LogP contribution in [0.4, 0.5) is 5.13 Å². The first-order chi connectivity index (χ1) is 12.7. The Kier molecular flexibility index (Phi) is 4.58. The molecule has 0 radical (unpaired) electrons. The lowest BCUT2D eigenvalue weighted by atomic mass is 10.00. The van der Waals surface area contributed by atoms with Crippen molar-refractivity contribution in [3.8, 4) is 17.0 Å². The first-order valence-electron chi connectivity index (χ1n) is 8.48. The van der Waals surface area contributed by atoms with Crippen molar-refractivity contribution in [2.75, 3.05) is 18.9 Å². The monoisotopic (exact) mass is 365 g/mol. The number of hydrogen-bond acceptors (Lipinski definition) is 5. The van der Waals surface area contributed by atoms with Crippen LogP contribution in [0.3, 0.4) is 0 Å². The summed E-state index contributed by atoms with van der Waals surface area (Å²) in [6.45, 7) is 1.38. The first kappa shape index (κ1) is 16.6. The van der Waals surface area contributed by atoms with Crippen molar-refractivity contribution in [2.24, 2.45) is 0 Å². The molecule has 2 heterocycles. The predicted molar refractivity (Wildman–Crippen MR) is 103 cm³/mol. The largest absolute Gasteiger partial charge is 0.483 e. The topological polar surface area (TPSA) is 68.5 Å². The van der Waals surface area contributed by atoms with E-state index in [1.54, 1.807) is 0 Å². The lowest BCUT2D eigenvalue weighted by Gasteiger charge is -2.28. The van der Waals surface area contributed by atoms with Crippen molar-refractivity contribution < 1.29 is 9.53 Å². The molecule has 0 aliphatic carbocycles. The number of anilines is 1. The zero-order chi connectivity index (χ0) is 17.9. The molecule has 4 rings (SSSR count). The van der Waals surface area contributed by atoms with Gasteiger partial charge in [-0.05, 0) is 29.7 Å². The number of amides is 1. The van der Waals surface area contributed by atoms with Gasteiger partial charge in [-0.1, -0.05) is 36.4 Å². The fourth-order valence-electron chi connectivity index (χ4n) is 3.15. The molecule has 1 aliphatic rings. The third-order valence-electron chi connectivity index (χ3n) is 4.52. The molecule has 1 aromatic heterocycles. The van der Waals surface area contributed by atoms with E-state index in [0.29, 0.717) is 17.4 Å². The normalized spacial score (nSPS) is 13.3. The van der Waals surface area contributed by atoms with Gasteiger partial charge in [0.2, 0.25) is 0 Å². The van der Waals surface area contributed by atoms with Crippen LogP contribution in [-0.4, -0.2) is 28.9 Å². The first-order valence-corrected chi connectivity index (χ1v) is 9.36. The van der Waals surface area contributed by atoms with Gasteiger partial charge < -0.3 is 15.4 Å². The molecule has 132 valence electrons. The maximum atomic E-state index is 12.6. The molecule has 0 bridgehead atoms. The second-order valence-corrected chi connectivity index (χ2v) is 7.08. The SMILES string of the molecule is Nc1nc(-c2ccccc2OCC(=O)N2CCc3ccccc3C2)cs1. The van der Waals surface area contributed by atoms with Crippen LogP contribution in [0.5, 0.6) is 5.75 Å². The maximum absolute atomic E-state index is 12.6. The highest BCUT2D eigenvalue weighted by atomic mass is 32.1. The standard InChI is InChI=1S/C20H19N3O2S/c21-20-22-17(13-26-20)16-7-3-4-8-18(16)25-12-19(24)23-10-9-14-5-1-2-6-15(14)11-23/h1-8,13H,9-12H2,(H2,21,22). The highest BCUT2D eigenvalue weighted by Crippen LogP contribution is 2.31. The van der Waals surface area contributed by atoms with Gasteiger partial charge in [0.05, 0.1) is 5.69 Å². The molecular weight excluding hydrogens is 346 g/mol. The number of nitrogens with two attached hydrogens (primary N) is 1. The van der Waals surface area contributed by atoms with E-state index < -0.39 is 0 Å². The zero-order valence-corrected chi connectivity index (χ0v) is 15.0. The van der Waals surface area contributed by atoms with Gasteiger partial charge in [0.1, 0.15) is 5.75 Å². The molecule has 3 aromatic rings. The van der Waals surface area contributed by atoms with Crippen molar-refractivity contribution in [1.82, 2.24) is 9.88 Å². The summed E-state index contributed by atoms with van der Waals surface area (Å²) >= 11 is 1.38. The Labute approximate surface area is 156 Å². The van der Waals surface area contributed by atoms with Gasteiger partial charge in [0, 0.05) is 24.0 Å². The number of ether oxygens (including phenoxy) is 1.